The van der Waals surface area contributed by atoms with E-state index >= 15 is 0 Å². The third-order valence-electron chi connectivity index (χ3n) is 4.49. The van der Waals surface area contributed by atoms with Crippen molar-refractivity contribution in [2.45, 2.75) is 83.3 Å². The minimum Gasteiger partial charge on any atom is -0.480 e. The predicted molar refractivity (Wildman–Crippen MR) is 90.4 cm³/mol. The van der Waals surface area contributed by atoms with Gasteiger partial charge in [0.2, 0.25) is 0 Å². The van der Waals surface area contributed by atoms with E-state index in [4.69, 9.17) is 4.74 Å². The second-order valence-electron chi connectivity index (χ2n) is 6.50. The number of hydrogen-bond donors (Lipinski definition) is 2. The van der Waals surface area contributed by atoms with Crippen LogP contribution in [0.15, 0.2) is 12.7 Å². The van der Waals surface area contributed by atoms with Crippen molar-refractivity contribution in [3.05, 3.63) is 12.7 Å². The van der Waals surface area contributed by atoms with Crippen LogP contribution < -0.4 is 5.32 Å². The molecule has 23 heavy (non-hydrogen) atoms. The van der Waals surface area contributed by atoms with Crippen LogP contribution in [0.25, 0.3) is 0 Å². The normalized spacial score (nSPS) is 18.0. The van der Waals surface area contributed by atoms with Crippen LogP contribution in [0, 0.1) is 5.92 Å². The molecule has 0 heterocycles. The van der Waals surface area contributed by atoms with Gasteiger partial charge in [-0.25, -0.2) is 9.59 Å². The molecule has 5 heteroatoms. The minimum absolute atomic E-state index is 0.0167. The summed E-state index contributed by atoms with van der Waals surface area (Å²) in [6.07, 6.45) is 11.0. The lowest BCUT2D eigenvalue weighted by Gasteiger charge is -2.28. The topological polar surface area (TPSA) is 75.6 Å². The molecule has 1 rings (SSSR count). The summed E-state index contributed by atoms with van der Waals surface area (Å²) >= 11 is 0. The summed E-state index contributed by atoms with van der Waals surface area (Å²) in [7, 11) is 0. The number of carbonyl (C=O) groups is 2. The van der Waals surface area contributed by atoms with Gasteiger partial charge in [-0.15, -0.1) is 6.58 Å². The second-order valence-corrected chi connectivity index (χ2v) is 6.50. The van der Waals surface area contributed by atoms with Gasteiger partial charge in [0, 0.05) is 0 Å². The summed E-state index contributed by atoms with van der Waals surface area (Å²) in [6.45, 7) is 5.54. The van der Waals surface area contributed by atoms with Gasteiger partial charge in [0.05, 0.1) is 0 Å². The van der Waals surface area contributed by atoms with E-state index in [1.807, 2.05) is 13.0 Å². The van der Waals surface area contributed by atoms with E-state index in [1.165, 1.54) is 0 Å². The molecule has 0 aliphatic heterocycles. The molecule has 0 bridgehead atoms. The Balaban J connectivity index is 2.31. The molecule has 2 N–H and O–H groups in total. The second kappa shape index (κ2) is 11.1. The molecular formula is C18H31NO4. The molecule has 0 unspecified atom stereocenters. The van der Waals surface area contributed by atoms with Gasteiger partial charge >= 0.3 is 12.1 Å². The number of amides is 1. The molecule has 0 spiro atoms. The fourth-order valence-electron chi connectivity index (χ4n) is 3.15. The van der Waals surface area contributed by atoms with Crippen LogP contribution in [0.3, 0.4) is 0 Å². The molecule has 0 radical (unpaired) electrons. The van der Waals surface area contributed by atoms with Crippen LogP contribution in [-0.2, 0) is 9.53 Å². The quantitative estimate of drug-likeness (QED) is 0.464. The highest BCUT2D eigenvalue weighted by Crippen LogP contribution is 2.26. The van der Waals surface area contributed by atoms with E-state index in [1.54, 1.807) is 0 Å². The maximum Gasteiger partial charge on any atom is 0.408 e. The zero-order valence-electron chi connectivity index (χ0n) is 14.3. The van der Waals surface area contributed by atoms with Crippen LogP contribution in [0.4, 0.5) is 4.79 Å². The Morgan fingerprint density at radius 2 is 1.96 bits per heavy atom. The van der Waals surface area contributed by atoms with Gasteiger partial charge in [-0.05, 0) is 51.4 Å². The van der Waals surface area contributed by atoms with Gasteiger partial charge in [0.1, 0.15) is 12.1 Å². The maximum atomic E-state index is 11.9. The summed E-state index contributed by atoms with van der Waals surface area (Å²) in [5.74, 6) is -0.950. The Labute approximate surface area is 139 Å². The SMILES string of the molecule is C=CCCCCC[C@@H](C)OC(=O)N[C@H](C(=O)O)C1CCCCC1. The highest BCUT2D eigenvalue weighted by Gasteiger charge is 2.31. The van der Waals surface area contributed by atoms with E-state index in [2.05, 4.69) is 11.9 Å². The third-order valence-corrected chi connectivity index (χ3v) is 4.49. The summed E-state index contributed by atoms with van der Waals surface area (Å²) in [5.41, 5.74) is 0. The molecule has 2 atom stereocenters. The Morgan fingerprint density at radius 1 is 1.26 bits per heavy atom. The minimum atomic E-state index is -0.967. The number of carboxylic acid groups (broad SMARTS) is 1. The number of carboxylic acids is 1. The van der Waals surface area contributed by atoms with Gasteiger partial charge in [-0.2, -0.15) is 0 Å². The summed E-state index contributed by atoms with van der Waals surface area (Å²) in [6, 6.07) is -0.831. The first-order valence-corrected chi connectivity index (χ1v) is 8.85. The highest BCUT2D eigenvalue weighted by molar-refractivity contribution is 5.80. The molecule has 1 saturated carbocycles. The Morgan fingerprint density at radius 3 is 2.57 bits per heavy atom. The number of unbranched alkanes of at least 4 members (excludes halogenated alkanes) is 3. The van der Waals surface area contributed by atoms with Crippen molar-refractivity contribution in [3.63, 3.8) is 0 Å². The van der Waals surface area contributed by atoms with Crippen LogP contribution >= 0.6 is 0 Å². The van der Waals surface area contributed by atoms with Crippen molar-refractivity contribution in [2.24, 2.45) is 5.92 Å². The first-order chi connectivity index (χ1) is 11.0. The highest BCUT2D eigenvalue weighted by atomic mass is 16.6. The number of aliphatic carboxylic acids is 1. The van der Waals surface area contributed by atoms with Crippen molar-refractivity contribution in [2.75, 3.05) is 0 Å². The van der Waals surface area contributed by atoms with Crippen molar-refractivity contribution in [3.8, 4) is 0 Å². The van der Waals surface area contributed by atoms with E-state index in [0.29, 0.717) is 0 Å². The third kappa shape index (κ3) is 8.05. The number of ether oxygens (including phenoxy) is 1. The molecule has 1 fully saturated rings. The number of alkyl carbamates (subject to hydrolysis) is 1. The van der Waals surface area contributed by atoms with Crippen molar-refractivity contribution < 1.29 is 19.4 Å². The molecule has 1 aliphatic rings. The lowest BCUT2D eigenvalue weighted by Crippen LogP contribution is -2.47. The van der Waals surface area contributed by atoms with Crippen molar-refractivity contribution in [1.29, 1.82) is 0 Å². The molecule has 132 valence electrons. The van der Waals surface area contributed by atoms with E-state index in [-0.39, 0.29) is 12.0 Å². The van der Waals surface area contributed by atoms with Gasteiger partial charge in [-0.1, -0.05) is 31.8 Å². The zero-order valence-corrected chi connectivity index (χ0v) is 14.3. The van der Waals surface area contributed by atoms with Crippen LogP contribution in [0.1, 0.15) is 71.1 Å². The van der Waals surface area contributed by atoms with E-state index < -0.39 is 18.1 Å². The number of allylic oxidation sites excluding steroid dienone is 1. The molecule has 1 amide bonds. The number of carbonyl (C=O) groups excluding carboxylic acids is 1. The smallest absolute Gasteiger partial charge is 0.408 e. The monoisotopic (exact) mass is 325 g/mol. The zero-order chi connectivity index (χ0) is 17.1. The average Bonchev–Trinajstić information content (AvgIpc) is 2.53. The largest absolute Gasteiger partial charge is 0.480 e. The number of nitrogens with one attached hydrogen (secondary N) is 1. The Bertz CT molecular complexity index is 377. The number of rotatable bonds is 10. The van der Waals surface area contributed by atoms with Gasteiger partial charge < -0.3 is 15.2 Å². The summed E-state index contributed by atoms with van der Waals surface area (Å²) in [4.78, 5) is 23.4. The molecule has 0 saturated heterocycles. The predicted octanol–water partition coefficient (Wildman–Crippen LogP) is 4.27. The fraction of sp³-hybridized carbons (Fsp3) is 0.778. The molecule has 0 aromatic rings. The lowest BCUT2D eigenvalue weighted by atomic mass is 9.84. The van der Waals surface area contributed by atoms with Crippen LogP contribution in [0.2, 0.25) is 0 Å². The molecular weight excluding hydrogens is 294 g/mol. The Kier molecular flexibility index (Phi) is 9.41. The molecule has 5 nitrogen and oxygen atoms in total. The Hall–Kier alpha value is -1.52. The van der Waals surface area contributed by atoms with E-state index in [0.717, 1.165) is 64.2 Å². The maximum absolute atomic E-state index is 11.9. The van der Waals surface area contributed by atoms with Gasteiger partial charge in [0.15, 0.2) is 0 Å². The van der Waals surface area contributed by atoms with Crippen LogP contribution in [-0.4, -0.2) is 29.3 Å². The van der Waals surface area contributed by atoms with Crippen molar-refractivity contribution in [1.82, 2.24) is 5.32 Å². The first-order valence-electron chi connectivity index (χ1n) is 8.85. The van der Waals surface area contributed by atoms with Gasteiger partial charge in [-0.3, -0.25) is 0 Å². The van der Waals surface area contributed by atoms with E-state index in [9.17, 15) is 14.7 Å². The average molecular weight is 325 g/mol. The molecule has 1 aliphatic carbocycles. The summed E-state index contributed by atoms with van der Waals surface area (Å²) in [5, 5.41) is 11.9. The van der Waals surface area contributed by atoms with Gasteiger partial charge in [0.25, 0.3) is 0 Å². The van der Waals surface area contributed by atoms with Crippen LogP contribution in [0.5, 0.6) is 0 Å². The number of hydrogen-bond acceptors (Lipinski definition) is 3. The summed E-state index contributed by atoms with van der Waals surface area (Å²) < 4.78 is 5.29. The molecule has 0 aromatic carbocycles. The van der Waals surface area contributed by atoms with Crippen molar-refractivity contribution >= 4 is 12.1 Å². The standard InChI is InChI=1S/C18H31NO4/c1-3-4-5-6-8-11-14(2)23-18(22)19-16(17(20)21)15-12-9-7-10-13-15/h3,14-16H,1,4-13H2,2H3,(H,19,22)(H,20,21)/t14-,16+/m1/s1. The fourth-order valence-corrected chi connectivity index (χ4v) is 3.15. The first kappa shape index (κ1) is 19.5. The lowest BCUT2D eigenvalue weighted by molar-refractivity contribution is -0.141. The molecule has 0 aromatic heterocycles.